The smallest absolute Gasteiger partial charge is 0.852 e. The van der Waals surface area contributed by atoms with Gasteiger partial charge in [0, 0.05) is 6.92 Å². The number of aliphatic carboxylic acids is 1. The Kier molecular flexibility index (Phi) is 57.1. The van der Waals surface area contributed by atoms with Crippen LogP contribution in [0.1, 0.15) is 62.3 Å². The van der Waals surface area contributed by atoms with E-state index in [0.717, 1.165) is 6.92 Å². The van der Waals surface area contributed by atoms with E-state index in [0.29, 0.717) is 0 Å². The molecule has 21 heavy (non-hydrogen) atoms. The molecular weight excluding hydrogens is 312 g/mol. The van der Waals surface area contributed by atoms with E-state index < -0.39 is 30.4 Å². The van der Waals surface area contributed by atoms with Crippen molar-refractivity contribution in [2.24, 2.45) is 0 Å². The average molecular weight is 344 g/mol. The van der Waals surface area contributed by atoms with Crippen LogP contribution in [-0.4, -0.2) is 35.5 Å². The predicted molar refractivity (Wildman–Crippen MR) is 73.9 cm³/mol. The maximum absolute atomic E-state index is 9.53. The van der Waals surface area contributed by atoms with E-state index in [9.17, 15) is 20.4 Å². The summed E-state index contributed by atoms with van der Waals surface area (Å²) in [5, 5.41) is 45.5. The van der Waals surface area contributed by atoms with Gasteiger partial charge < -0.3 is 25.5 Å². The van der Waals surface area contributed by atoms with Crippen LogP contribution in [0.15, 0.2) is 0 Å². The molecule has 0 radical (unpaired) electrons. The Labute approximate surface area is 145 Å². The maximum atomic E-state index is 9.53. The zero-order valence-corrected chi connectivity index (χ0v) is 16.4. The number of hydrogen-bond donors (Lipinski definition) is 1. The Morgan fingerprint density at radius 2 is 0.667 bits per heavy atom. The van der Waals surface area contributed by atoms with E-state index in [2.05, 4.69) is 0 Å². The minimum absolute atomic E-state index is 0. The van der Waals surface area contributed by atoms with Crippen LogP contribution in [0.25, 0.3) is 0 Å². The molecule has 128 valence electrons. The zero-order chi connectivity index (χ0) is 17.9. The summed E-state index contributed by atoms with van der Waals surface area (Å²) in [6, 6.07) is 0. The van der Waals surface area contributed by atoms with Gasteiger partial charge >= 0.3 is 21.7 Å². The molecule has 0 amide bonds. The average Bonchev–Trinajstić information content (AvgIpc) is 1.94. The number of hydrogen-bond acceptors (Lipinski definition) is 5. The van der Waals surface area contributed by atoms with Gasteiger partial charge in [0.2, 0.25) is 0 Å². The van der Waals surface area contributed by atoms with Crippen LogP contribution in [0.5, 0.6) is 0 Å². The summed E-state index contributed by atoms with van der Waals surface area (Å²) in [5.74, 6) is -0.833. The van der Waals surface area contributed by atoms with Crippen LogP contribution in [0.4, 0.5) is 0 Å². The van der Waals surface area contributed by atoms with E-state index >= 15 is 0 Å². The van der Waals surface area contributed by atoms with Crippen LogP contribution in [0.3, 0.4) is 0 Å². The van der Waals surface area contributed by atoms with Crippen molar-refractivity contribution in [1.82, 2.24) is 0 Å². The third-order valence-electron chi connectivity index (χ3n) is 0. The Morgan fingerprint density at radius 3 is 0.667 bits per heavy atom. The van der Waals surface area contributed by atoms with Gasteiger partial charge in [0.15, 0.2) is 0 Å². The molecule has 0 rings (SSSR count). The van der Waals surface area contributed by atoms with E-state index in [1.54, 1.807) is 55.4 Å². The van der Waals surface area contributed by atoms with Gasteiger partial charge in [0.1, 0.15) is 0 Å². The molecule has 0 unspecified atom stereocenters. The van der Waals surface area contributed by atoms with Crippen LogP contribution in [0.2, 0.25) is 0 Å². The number of carboxylic acid groups (broad SMARTS) is 1. The first-order valence-electron chi connectivity index (χ1n) is 6.49. The summed E-state index contributed by atoms with van der Waals surface area (Å²) in [4.78, 5) is 9.00. The van der Waals surface area contributed by atoms with Gasteiger partial charge in [-0.1, -0.05) is 55.4 Å². The van der Waals surface area contributed by atoms with Crippen molar-refractivity contribution < 1.29 is 52.0 Å². The van der Waals surface area contributed by atoms with Gasteiger partial charge in [0.05, 0.1) is 0 Å². The second kappa shape index (κ2) is 32.1. The molecule has 0 heterocycles. The Bertz CT molecular complexity index is 123. The Hall–Kier alpha value is 0.0243. The van der Waals surface area contributed by atoms with Gasteiger partial charge in [-0.3, -0.25) is 4.79 Å². The molecule has 0 aromatic rings. The molecule has 0 aliphatic rings. The van der Waals surface area contributed by atoms with E-state index in [1.165, 1.54) is 0 Å². The van der Waals surface area contributed by atoms with Crippen LogP contribution in [-0.2, 0) is 26.5 Å². The van der Waals surface area contributed by atoms with Crippen molar-refractivity contribution in [3.63, 3.8) is 0 Å². The molecule has 6 nitrogen and oxygen atoms in total. The molecule has 0 aromatic carbocycles. The second-order valence-corrected chi connectivity index (χ2v) is 4.71. The first kappa shape index (κ1) is 37.3. The van der Waals surface area contributed by atoms with Crippen LogP contribution in [0, 0.1) is 0 Å². The van der Waals surface area contributed by atoms with Gasteiger partial charge in [-0.2, -0.15) is 0 Å². The molecule has 0 bridgehead atoms. The van der Waals surface area contributed by atoms with E-state index in [4.69, 9.17) is 9.90 Å². The summed E-state index contributed by atoms with van der Waals surface area (Å²) in [6.45, 7) is 14.0. The predicted octanol–water partition coefficient (Wildman–Crippen LogP) is -0.891. The Morgan fingerprint density at radius 1 is 0.667 bits per heavy atom. The van der Waals surface area contributed by atoms with Crippen molar-refractivity contribution >= 4 is 5.97 Å². The minimum atomic E-state index is -0.833. The largest absolute Gasteiger partial charge is 4.00 e. The molecule has 1 N–H and O–H groups in total. The third-order valence-corrected chi connectivity index (χ3v) is 0. The first-order valence-corrected chi connectivity index (χ1v) is 6.49. The van der Waals surface area contributed by atoms with E-state index in [-0.39, 0.29) is 21.7 Å². The number of rotatable bonds is 0. The number of carboxylic acids is 1. The summed E-state index contributed by atoms with van der Waals surface area (Å²) >= 11 is 0. The monoisotopic (exact) mass is 344 g/mol. The third kappa shape index (κ3) is 11000000. The van der Waals surface area contributed by atoms with Crippen molar-refractivity contribution in [3.8, 4) is 0 Å². The van der Waals surface area contributed by atoms with Crippen LogP contribution >= 0.6 is 0 Å². The zero-order valence-electron chi connectivity index (χ0n) is 14.8. The van der Waals surface area contributed by atoms with Gasteiger partial charge in [-0.25, -0.2) is 0 Å². The fourth-order valence-corrected chi connectivity index (χ4v) is 0. The standard InChI is InChI=1S/4C3H7O.C2H4O2.Ti/c4*1-3(2)4;1-2(3)4;/h4*3H,1-2H3;1H3,(H,3,4);/q4*-1;;+4. The Balaban J connectivity index is -0.0000000331. The topological polar surface area (TPSA) is 130 Å². The molecule has 0 saturated carbocycles. The molecule has 0 aliphatic heterocycles. The molecule has 0 saturated heterocycles. The molecular formula is C14H32O6Ti. The van der Waals surface area contributed by atoms with Crippen molar-refractivity contribution in [2.45, 2.75) is 86.7 Å². The molecule has 0 atom stereocenters. The minimum Gasteiger partial charge on any atom is -0.852 e. The summed E-state index contributed by atoms with van der Waals surface area (Å²) < 4.78 is 0. The number of carbonyl (C=O) groups is 1. The van der Waals surface area contributed by atoms with Crippen molar-refractivity contribution in [1.29, 1.82) is 0 Å². The summed E-state index contributed by atoms with van der Waals surface area (Å²) in [7, 11) is 0. The fraction of sp³-hybridized carbons (Fsp3) is 0.929. The van der Waals surface area contributed by atoms with Crippen molar-refractivity contribution in [2.75, 3.05) is 0 Å². The first-order chi connectivity index (χ1) is 8.66. The second-order valence-electron chi connectivity index (χ2n) is 4.71. The molecule has 0 aromatic heterocycles. The molecule has 7 heteroatoms. The molecule has 0 spiro atoms. The molecule has 0 fully saturated rings. The fourth-order valence-electron chi connectivity index (χ4n) is 0. The van der Waals surface area contributed by atoms with Gasteiger partial charge in [-0.05, 0) is 0 Å². The van der Waals surface area contributed by atoms with E-state index in [1.807, 2.05) is 0 Å². The summed E-state index contributed by atoms with van der Waals surface area (Å²) in [5.41, 5.74) is 0. The maximum Gasteiger partial charge on any atom is 4.00 e. The quantitative estimate of drug-likeness (QED) is 0.567. The van der Waals surface area contributed by atoms with Gasteiger partial charge in [-0.15, -0.1) is 24.4 Å². The van der Waals surface area contributed by atoms with Crippen LogP contribution < -0.4 is 20.4 Å². The SMILES string of the molecule is CC(=O)O.CC(C)[O-].CC(C)[O-].CC(C)[O-].CC(C)[O-].[Ti+4]. The normalized spacial score (nSPS) is 8.05. The van der Waals surface area contributed by atoms with Gasteiger partial charge in [0.25, 0.3) is 5.97 Å². The summed E-state index contributed by atoms with van der Waals surface area (Å²) in [6.07, 6.45) is -1.67. The van der Waals surface area contributed by atoms with Crippen molar-refractivity contribution in [3.05, 3.63) is 0 Å². The molecule has 0 aliphatic carbocycles.